The lowest BCUT2D eigenvalue weighted by Gasteiger charge is -2.06. The van der Waals surface area contributed by atoms with Crippen molar-refractivity contribution in [1.82, 2.24) is 15.0 Å². The first-order valence-electron chi connectivity index (χ1n) is 8.53. The van der Waals surface area contributed by atoms with Crippen LogP contribution < -0.4 is 11.0 Å². The highest BCUT2D eigenvalue weighted by molar-refractivity contribution is 7.12. The van der Waals surface area contributed by atoms with Crippen molar-refractivity contribution in [3.8, 4) is 11.3 Å². The van der Waals surface area contributed by atoms with E-state index in [1.807, 2.05) is 38.1 Å². The summed E-state index contributed by atoms with van der Waals surface area (Å²) in [5.74, 6) is -0.121. The summed E-state index contributed by atoms with van der Waals surface area (Å²) in [5.41, 5.74) is 4.79. The number of thiazole rings is 1. The maximum absolute atomic E-state index is 12.6. The summed E-state index contributed by atoms with van der Waals surface area (Å²) in [6.45, 7) is 3.99. The number of aromatic amines is 2. The van der Waals surface area contributed by atoms with Gasteiger partial charge in [-0.2, -0.15) is 0 Å². The van der Waals surface area contributed by atoms with Crippen LogP contribution in [-0.4, -0.2) is 20.9 Å². The van der Waals surface area contributed by atoms with E-state index < -0.39 is 0 Å². The molecule has 0 unspecified atom stereocenters. The van der Waals surface area contributed by atoms with Crippen LogP contribution in [0.4, 0.5) is 5.69 Å². The number of nitrogens with zero attached hydrogens (tertiary/aromatic N) is 1. The van der Waals surface area contributed by atoms with Gasteiger partial charge in [0.2, 0.25) is 5.91 Å². The number of hydrogen-bond donors (Lipinski definition) is 3. The van der Waals surface area contributed by atoms with Gasteiger partial charge in [-0.25, -0.2) is 9.78 Å². The summed E-state index contributed by atoms with van der Waals surface area (Å²) in [4.78, 5) is 34.8. The number of H-pyrrole nitrogens is 2. The summed E-state index contributed by atoms with van der Waals surface area (Å²) in [5, 5.41) is 3.82. The van der Waals surface area contributed by atoms with Crippen LogP contribution in [0.1, 0.15) is 15.4 Å². The molecule has 0 aliphatic rings. The van der Waals surface area contributed by atoms with Crippen molar-refractivity contribution in [3.63, 3.8) is 0 Å². The van der Waals surface area contributed by atoms with Crippen molar-refractivity contribution in [2.24, 2.45) is 0 Å². The Morgan fingerprint density at radius 1 is 1.07 bits per heavy atom. The van der Waals surface area contributed by atoms with Gasteiger partial charge >= 0.3 is 5.69 Å². The molecule has 0 aliphatic heterocycles. The number of carbonyl (C=O) groups is 1. The third-order valence-corrected chi connectivity index (χ3v) is 5.22. The molecule has 0 atom stereocenters. The fourth-order valence-corrected chi connectivity index (χ4v) is 3.94. The molecule has 0 saturated heterocycles. The molecular formula is C20H18N4O2S. The van der Waals surface area contributed by atoms with Crippen molar-refractivity contribution < 1.29 is 4.79 Å². The van der Waals surface area contributed by atoms with Crippen molar-refractivity contribution in [1.29, 1.82) is 0 Å². The highest BCUT2D eigenvalue weighted by Gasteiger charge is 2.15. The van der Waals surface area contributed by atoms with Crippen molar-refractivity contribution in [2.75, 3.05) is 5.32 Å². The number of amides is 1. The molecule has 0 spiro atoms. The van der Waals surface area contributed by atoms with Crippen LogP contribution in [0, 0.1) is 13.8 Å². The second kappa shape index (κ2) is 6.85. The van der Waals surface area contributed by atoms with Crippen LogP contribution in [-0.2, 0) is 11.2 Å². The summed E-state index contributed by atoms with van der Waals surface area (Å²) < 4.78 is 0. The Kier molecular flexibility index (Phi) is 4.37. The molecule has 0 radical (unpaired) electrons. The summed E-state index contributed by atoms with van der Waals surface area (Å²) in [6, 6.07) is 13.4. The molecule has 4 aromatic rings. The normalized spacial score (nSPS) is 11.0. The van der Waals surface area contributed by atoms with E-state index in [-0.39, 0.29) is 18.0 Å². The molecule has 136 valence electrons. The molecule has 27 heavy (non-hydrogen) atoms. The predicted octanol–water partition coefficient (Wildman–Crippen LogP) is 3.78. The smallest absolute Gasteiger partial charge is 0.323 e. The second-order valence-corrected chi connectivity index (χ2v) is 7.72. The zero-order valence-electron chi connectivity index (χ0n) is 14.9. The van der Waals surface area contributed by atoms with E-state index in [1.54, 1.807) is 18.2 Å². The average molecular weight is 378 g/mol. The standard InChI is InChI=1S/C20H18N4O2S/c1-11-3-5-13(6-4-11)19-17(27-12(2)21-19)10-18(25)22-14-7-8-15-16(9-14)24-20(26)23-15/h3-9H,10H2,1-2H3,(H,22,25)(H2,23,24,26). The van der Waals surface area contributed by atoms with Gasteiger partial charge in [-0.05, 0) is 32.0 Å². The first-order valence-corrected chi connectivity index (χ1v) is 9.35. The topological polar surface area (TPSA) is 90.6 Å². The Morgan fingerprint density at radius 2 is 1.81 bits per heavy atom. The molecule has 3 N–H and O–H groups in total. The van der Waals surface area contributed by atoms with Crippen molar-refractivity contribution >= 4 is 34.0 Å². The number of imidazole rings is 1. The lowest BCUT2D eigenvalue weighted by molar-refractivity contribution is -0.115. The maximum atomic E-state index is 12.6. The lowest BCUT2D eigenvalue weighted by Crippen LogP contribution is -2.14. The van der Waals surface area contributed by atoms with E-state index in [4.69, 9.17) is 0 Å². The third kappa shape index (κ3) is 3.68. The van der Waals surface area contributed by atoms with Crippen LogP contribution in [0.5, 0.6) is 0 Å². The fraction of sp³-hybridized carbons (Fsp3) is 0.150. The number of fused-ring (bicyclic) bond motifs is 1. The minimum absolute atomic E-state index is 0.121. The Balaban J connectivity index is 1.55. The van der Waals surface area contributed by atoms with Crippen LogP contribution in [0.25, 0.3) is 22.3 Å². The molecule has 2 heterocycles. The lowest BCUT2D eigenvalue weighted by atomic mass is 10.1. The van der Waals surface area contributed by atoms with Gasteiger partial charge in [0, 0.05) is 16.1 Å². The number of nitrogens with one attached hydrogen (secondary N) is 3. The predicted molar refractivity (Wildman–Crippen MR) is 108 cm³/mol. The molecular weight excluding hydrogens is 360 g/mol. The highest BCUT2D eigenvalue weighted by atomic mass is 32.1. The van der Waals surface area contributed by atoms with Gasteiger partial charge in [0.15, 0.2) is 0 Å². The molecule has 1 amide bonds. The van der Waals surface area contributed by atoms with Crippen molar-refractivity contribution in [2.45, 2.75) is 20.3 Å². The van der Waals surface area contributed by atoms with E-state index in [2.05, 4.69) is 20.3 Å². The Labute approximate surface area is 159 Å². The molecule has 4 rings (SSSR count). The molecule has 6 nitrogen and oxygen atoms in total. The Bertz CT molecular complexity index is 1180. The molecule has 7 heteroatoms. The third-order valence-electron chi connectivity index (χ3n) is 4.25. The van der Waals surface area contributed by atoms with Gasteiger partial charge < -0.3 is 15.3 Å². The molecule has 0 saturated carbocycles. The minimum atomic E-state index is -0.267. The first kappa shape index (κ1) is 17.2. The number of benzene rings is 2. The number of aryl methyl sites for hydroxylation is 2. The summed E-state index contributed by atoms with van der Waals surface area (Å²) in [7, 11) is 0. The highest BCUT2D eigenvalue weighted by Crippen LogP contribution is 2.29. The fourth-order valence-electron chi connectivity index (χ4n) is 2.99. The Morgan fingerprint density at radius 3 is 2.59 bits per heavy atom. The van der Waals surface area contributed by atoms with Crippen molar-refractivity contribution in [3.05, 3.63) is 68.4 Å². The quantitative estimate of drug-likeness (QED) is 0.505. The van der Waals surface area contributed by atoms with Crippen LogP contribution >= 0.6 is 11.3 Å². The molecule has 2 aromatic heterocycles. The minimum Gasteiger partial charge on any atom is -0.326 e. The zero-order chi connectivity index (χ0) is 19.0. The molecule has 0 bridgehead atoms. The average Bonchev–Trinajstić information content (AvgIpc) is 3.16. The zero-order valence-corrected chi connectivity index (χ0v) is 15.7. The molecule has 0 aliphatic carbocycles. The number of aromatic nitrogens is 3. The Hall–Kier alpha value is -3.19. The van der Waals surface area contributed by atoms with E-state index in [9.17, 15) is 9.59 Å². The summed E-state index contributed by atoms with van der Waals surface area (Å²) in [6.07, 6.45) is 0.246. The monoisotopic (exact) mass is 378 g/mol. The summed E-state index contributed by atoms with van der Waals surface area (Å²) >= 11 is 1.53. The largest absolute Gasteiger partial charge is 0.326 e. The van der Waals surface area contributed by atoms with Crippen LogP contribution in [0.15, 0.2) is 47.3 Å². The maximum Gasteiger partial charge on any atom is 0.323 e. The second-order valence-electron chi connectivity index (χ2n) is 6.44. The molecule has 2 aromatic carbocycles. The van der Waals surface area contributed by atoms with E-state index in [0.29, 0.717) is 16.7 Å². The van der Waals surface area contributed by atoms with Gasteiger partial charge in [-0.15, -0.1) is 11.3 Å². The van der Waals surface area contributed by atoms with Crippen LogP contribution in [0.2, 0.25) is 0 Å². The SMILES string of the molecule is Cc1ccc(-c2nc(C)sc2CC(=O)Nc2ccc3[nH]c(=O)[nH]c3c2)cc1. The number of rotatable bonds is 4. The number of anilines is 1. The number of hydrogen-bond acceptors (Lipinski definition) is 4. The van der Waals surface area contributed by atoms with Gasteiger partial charge in [0.1, 0.15) is 0 Å². The number of carbonyl (C=O) groups excluding carboxylic acids is 1. The van der Waals surface area contributed by atoms with Gasteiger partial charge in [0.05, 0.1) is 28.2 Å². The van der Waals surface area contributed by atoms with Gasteiger partial charge in [-0.3, -0.25) is 4.79 Å². The van der Waals surface area contributed by atoms with Crippen LogP contribution in [0.3, 0.4) is 0 Å². The van der Waals surface area contributed by atoms with Gasteiger partial charge in [-0.1, -0.05) is 29.8 Å². The molecule has 0 fully saturated rings. The van der Waals surface area contributed by atoms with E-state index >= 15 is 0 Å². The van der Waals surface area contributed by atoms with E-state index in [0.717, 1.165) is 21.1 Å². The van der Waals surface area contributed by atoms with Gasteiger partial charge in [0.25, 0.3) is 0 Å². The van der Waals surface area contributed by atoms with E-state index in [1.165, 1.54) is 16.9 Å². The first-order chi connectivity index (χ1) is 13.0.